The van der Waals surface area contributed by atoms with Gasteiger partial charge in [-0.05, 0) is 18.8 Å². The van der Waals surface area contributed by atoms with E-state index in [1.54, 1.807) is 0 Å². The standard InChI is InChI=1S/C10H14O/c1-3-5-9-8(4-2)6-7-10(9)11/h3-4,8-9H,1-2,5-7H2/t8-,9-/m1/s1. The van der Waals surface area contributed by atoms with Crippen molar-refractivity contribution >= 4 is 5.78 Å². The summed E-state index contributed by atoms with van der Waals surface area (Å²) >= 11 is 0. The Hall–Kier alpha value is -0.850. The Balaban J connectivity index is 2.62. The molecule has 0 radical (unpaired) electrons. The van der Waals surface area contributed by atoms with Gasteiger partial charge in [0.1, 0.15) is 5.78 Å². The molecule has 1 rings (SSSR count). The van der Waals surface area contributed by atoms with Crippen molar-refractivity contribution in [2.75, 3.05) is 0 Å². The molecule has 1 saturated carbocycles. The smallest absolute Gasteiger partial charge is 0.136 e. The number of Topliss-reactive ketones (excluding diaryl/α,β-unsaturated/α-hetero) is 1. The van der Waals surface area contributed by atoms with Gasteiger partial charge < -0.3 is 0 Å². The third-order valence-electron chi connectivity index (χ3n) is 2.38. The van der Waals surface area contributed by atoms with E-state index in [0.29, 0.717) is 11.7 Å². The summed E-state index contributed by atoms with van der Waals surface area (Å²) in [5.74, 6) is 0.972. The van der Waals surface area contributed by atoms with Gasteiger partial charge in [-0.2, -0.15) is 0 Å². The largest absolute Gasteiger partial charge is 0.299 e. The maximum absolute atomic E-state index is 11.2. The Morgan fingerprint density at radius 2 is 2.27 bits per heavy atom. The third-order valence-corrected chi connectivity index (χ3v) is 2.38. The van der Waals surface area contributed by atoms with E-state index < -0.39 is 0 Å². The topological polar surface area (TPSA) is 17.1 Å². The summed E-state index contributed by atoms with van der Waals surface area (Å²) in [6.07, 6.45) is 6.26. The van der Waals surface area contributed by atoms with Crippen LogP contribution in [0.3, 0.4) is 0 Å². The van der Waals surface area contributed by atoms with Crippen LogP contribution in [-0.4, -0.2) is 5.78 Å². The van der Waals surface area contributed by atoms with Gasteiger partial charge in [-0.1, -0.05) is 12.2 Å². The summed E-state index contributed by atoms with van der Waals surface area (Å²) in [6.45, 7) is 7.36. The lowest BCUT2D eigenvalue weighted by Crippen LogP contribution is -2.11. The van der Waals surface area contributed by atoms with Crippen molar-refractivity contribution in [3.8, 4) is 0 Å². The van der Waals surface area contributed by atoms with E-state index in [4.69, 9.17) is 0 Å². The van der Waals surface area contributed by atoms with Crippen molar-refractivity contribution in [3.05, 3.63) is 25.3 Å². The fourth-order valence-corrected chi connectivity index (χ4v) is 1.70. The van der Waals surface area contributed by atoms with Crippen LogP contribution in [0.1, 0.15) is 19.3 Å². The van der Waals surface area contributed by atoms with Gasteiger partial charge in [0.25, 0.3) is 0 Å². The molecule has 1 heteroatoms. The van der Waals surface area contributed by atoms with Crippen LogP contribution < -0.4 is 0 Å². The van der Waals surface area contributed by atoms with Crippen molar-refractivity contribution in [3.63, 3.8) is 0 Å². The average molecular weight is 150 g/mol. The quantitative estimate of drug-likeness (QED) is 0.564. The highest BCUT2D eigenvalue weighted by molar-refractivity contribution is 5.83. The molecule has 0 amide bonds. The van der Waals surface area contributed by atoms with Gasteiger partial charge in [0, 0.05) is 12.3 Å². The Labute approximate surface area is 67.8 Å². The molecule has 0 saturated heterocycles. The Morgan fingerprint density at radius 1 is 1.55 bits per heavy atom. The van der Waals surface area contributed by atoms with Gasteiger partial charge in [0.05, 0.1) is 0 Å². The van der Waals surface area contributed by atoms with Crippen molar-refractivity contribution in [1.29, 1.82) is 0 Å². The third kappa shape index (κ3) is 1.59. The first-order valence-corrected chi connectivity index (χ1v) is 4.05. The van der Waals surface area contributed by atoms with Crippen LogP contribution in [-0.2, 0) is 4.79 Å². The highest BCUT2D eigenvalue weighted by Crippen LogP contribution is 2.31. The van der Waals surface area contributed by atoms with Crippen LogP contribution in [0.25, 0.3) is 0 Å². The van der Waals surface area contributed by atoms with Crippen LogP contribution in [0.2, 0.25) is 0 Å². The molecule has 0 spiro atoms. The van der Waals surface area contributed by atoms with Crippen LogP contribution >= 0.6 is 0 Å². The molecule has 2 atom stereocenters. The molecular weight excluding hydrogens is 136 g/mol. The predicted octanol–water partition coefficient (Wildman–Crippen LogP) is 2.34. The number of allylic oxidation sites excluding steroid dienone is 2. The van der Waals surface area contributed by atoms with Crippen molar-refractivity contribution in [2.45, 2.75) is 19.3 Å². The average Bonchev–Trinajstić information content (AvgIpc) is 2.34. The van der Waals surface area contributed by atoms with Crippen LogP contribution in [0.15, 0.2) is 25.3 Å². The number of hydrogen-bond donors (Lipinski definition) is 0. The second-order valence-electron chi connectivity index (χ2n) is 3.04. The molecule has 0 N–H and O–H groups in total. The Bertz CT molecular complexity index is 181. The summed E-state index contributed by atoms with van der Waals surface area (Å²) in [4.78, 5) is 11.2. The second kappa shape index (κ2) is 3.51. The van der Waals surface area contributed by atoms with Crippen molar-refractivity contribution in [2.24, 2.45) is 11.8 Å². The van der Waals surface area contributed by atoms with Gasteiger partial charge in [-0.15, -0.1) is 13.2 Å². The zero-order valence-electron chi connectivity index (χ0n) is 6.75. The molecule has 60 valence electrons. The fraction of sp³-hybridized carbons (Fsp3) is 0.500. The summed E-state index contributed by atoms with van der Waals surface area (Å²) in [7, 11) is 0. The molecule has 0 aromatic heterocycles. The lowest BCUT2D eigenvalue weighted by Gasteiger charge is -2.10. The van der Waals surface area contributed by atoms with E-state index in [0.717, 1.165) is 19.3 Å². The zero-order chi connectivity index (χ0) is 8.27. The SMILES string of the molecule is C=CC[C@H]1C(=O)CC[C@H]1C=C. The number of rotatable bonds is 3. The van der Waals surface area contributed by atoms with Crippen molar-refractivity contribution < 1.29 is 4.79 Å². The lowest BCUT2D eigenvalue weighted by atomic mass is 9.93. The van der Waals surface area contributed by atoms with E-state index in [1.165, 1.54) is 0 Å². The molecule has 1 fully saturated rings. The van der Waals surface area contributed by atoms with E-state index in [2.05, 4.69) is 13.2 Å². The first-order valence-electron chi connectivity index (χ1n) is 4.05. The monoisotopic (exact) mass is 150 g/mol. The van der Waals surface area contributed by atoms with Gasteiger partial charge in [0.15, 0.2) is 0 Å². The van der Waals surface area contributed by atoms with Gasteiger partial charge in [-0.3, -0.25) is 4.79 Å². The van der Waals surface area contributed by atoms with Crippen LogP contribution in [0, 0.1) is 11.8 Å². The minimum absolute atomic E-state index is 0.185. The maximum atomic E-state index is 11.2. The van der Waals surface area contributed by atoms with Gasteiger partial charge in [0.2, 0.25) is 0 Å². The number of hydrogen-bond acceptors (Lipinski definition) is 1. The molecule has 0 bridgehead atoms. The first-order chi connectivity index (χ1) is 5.29. The summed E-state index contributed by atoms with van der Waals surface area (Å²) in [6, 6.07) is 0. The normalized spacial score (nSPS) is 30.4. The second-order valence-corrected chi connectivity index (χ2v) is 3.04. The minimum Gasteiger partial charge on any atom is -0.299 e. The molecule has 0 aliphatic heterocycles. The van der Waals surface area contributed by atoms with Crippen LogP contribution in [0.4, 0.5) is 0 Å². The Kier molecular flexibility index (Phi) is 2.64. The molecule has 11 heavy (non-hydrogen) atoms. The molecule has 1 aliphatic rings. The number of ketones is 1. The highest BCUT2D eigenvalue weighted by atomic mass is 16.1. The summed E-state index contributed by atoms with van der Waals surface area (Å²) in [5.41, 5.74) is 0. The van der Waals surface area contributed by atoms with Crippen molar-refractivity contribution in [1.82, 2.24) is 0 Å². The summed E-state index contributed by atoms with van der Waals surface area (Å²) < 4.78 is 0. The van der Waals surface area contributed by atoms with Gasteiger partial charge in [-0.25, -0.2) is 0 Å². The molecule has 0 aromatic carbocycles. The molecule has 0 unspecified atom stereocenters. The molecule has 1 aliphatic carbocycles. The molecule has 0 aromatic rings. The predicted molar refractivity (Wildman–Crippen MR) is 46.2 cm³/mol. The molecule has 1 nitrogen and oxygen atoms in total. The number of carbonyl (C=O) groups is 1. The van der Waals surface area contributed by atoms with E-state index >= 15 is 0 Å². The zero-order valence-corrected chi connectivity index (χ0v) is 6.75. The molecule has 0 heterocycles. The van der Waals surface area contributed by atoms with E-state index in [-0.39, 0.29) is 5.92 Å². The fourth-order valence-electron chi connectivity index (χ4n) is 1.70. The van der Waals surface area contributed by atoms with E-state index in [1.807, 2.05) is 12.2 Å². The lowest BCUT2D eigenvalue weighted by molar-refractivity contribution is -0.120. The Morgan fingerprint density at radius 3 is 2.82 bits per heavy atom. The maximum Gasteiger partial charge on any atom is 0.136 e. The minimum atomic E-state index is 0.185. The number of carbonyl (C=O) groups excluding carboxylic acids is 1. The van der Waals surface area contributed by atoms with E-state index in [9.17, 15) is 4.79 Å². The van der Waals surface area contributed by atoms with Crippen LogP contribution in [0.5, 0.6) is 0 Å². The highest BCUT2D eigenvalue weighted by Gasteiger charge is 2.30. The first kappa shape index (κ1) is 8.25. The van der Waals surface area contributed by atoms with Gasteiger partial charge >= 0.3 is 0 Å². The molecular formula is C10H14O. The summed E-state index contributed by atoms with van der Waals surface area (Å²) in [5, 5.41) is 0.